The minimum absolute atomic E-state index is 0.300. The molecule has 0 bridgehead atoms. The van der Waals surface area contributed by atoms with Crippen molar-refractivity contribution in [2.75, 3.05) is 17.7 Å². The molecule has 4 N–H and O–H groups in total. The molecule has 0 radical (unpaired) electrons. The van der Waals surface area contributed by atoms with Gasteiger partial charge in [-0.1, -0.05) is 12.6 Å². The highest BCUT2D eigenvalue weighted by Crippen LogP contribution is 2.31. The third-order valence-corrected chi connectivity index (χ3v) is 5.18. The van der Waals surface area contributed by atoms with Gasteiger partial charge in [-0.05, 0) is 43.5 Å². The van der Waals surface area contributed by atoms with Gasteiger partial charge in [0, 0.05) is 17.7 Å². The molecule has 9 nitrogen and oxygen atoms in total. The molecule has 1 aliphatic rings. The number of aromatic nitrogens is 5. The SMILES string of the molecule is C=c1[nH]c(=O)[nH]/c1=C\c1cnn2c(NC3CC3)cc(Nc3cc(C)ccc3OC)nc12. The molecule has 0 saturated heterocycles. The van der Waals surface area contributed by atoms with Gasteiger partial charge >= 0.3 is 5.69 Å². The molecule has 0 unspecified atom stereocenters. The second kappa shape index (κ2) is 7.35. The van der Waals surface area contributed by atoms with Crippen LogP contribution in [0.3, 0.4) is 0 Å². The summed E-state index contributed by atoms with van der Waals surface area (Å²) in [6.45, 7) is 5.89. The van der Waals surface area contributed by atoms with Gasteiger partial charge < -0.3 is 25.3 Å². The molecule has 9 heteroatoms. The van der Waals surface area contributed by atoms with E-state index in [1.54, 1.807) is 17.8 Å². The maximum Gasteiger partial charge on any atom is 0.323 e. The Labute approximate surface area is 177 Å². The van der Waals surface area contributed by atoms with E-state index < -0.39 is 0 Å². The zero-order valence-corrected chi connectivity index (χ0v) is 17.3. The van der Waals surface area contributed by atoms with E-state index >= 15 is 0 Å². The smallest absolute Gasteiger partial charge is 0.323 e. The second-order valence-electron chi connectivity index (χ2n) is 7.72. The molecule has 1 fully saturated rings. The van der Waals surface area contributed by atoms with E-state index in [9.17, 15) is 4.79 Å². The Kier molecular flexibility index (Phi) is 4.50. The second-order valence-corrected chi connectivity index (χ2v) is 7.72. The number of fused-ring (bicyclic) bond motifs is 1. The molecule has 1 aliphatic carbocycles. The highest BCUT2D eigenvalue weighted by Gasteiger charge is 2.23. The van der Waals surface area contributed by atoms with E-state index in [-0.39, 0.29) is 5.69 Å². The number of H-pyrrole nitrogens is 2. The van der Waals surface area contributed by atoms with E-state index in [2.05, 4.69) is 32.3 Å². The number of imidazole rings is 1. The van der Waals surface area contributed by atoms with Crippen LogP contribution in [0.2, 0.25) is 0 Å². The molecule has 1 aromatic carbocycles. The topological polar surface area (TPSA) is 112 Å². The van der Waals surface area contributed by atoms with Gasteiger partial charge in [0.15, 0.2) is 5.65 Å². The molecule has 0 amide bonds. The standard InChI is InChI=1S/C22H23N7O2/c1-12-4-7-18(31-3)17(8-12)26-19-10-20(25-15-5-6-15)29-21(28-19)14(11-23-29)9-16-13(2)24-22(30)27-16/h4,7-11,15,25H,2,5-6H2,1,3H3,(H,26,28)(H2,24,27,30)/b16-9-. The monoisotopic (exact) mass is 417 g/mol. The third kappa shape index (κ3) is 3.77. The Morgan fingerprint density at radius 3 is 2.84 bits per heavy atom. The van der Waals surface area contributed by atoms with Crippen LogP contribution in [0.4, 0.5) is 17.3 Å². The van der Waals surface area contributed by atoms with Gasteiger partial charge in [-0.2, -0.15) is 9.61 Å². The number of ether oxygens (including phenoxy) is 1. The lowest BCUT2D eigenvalue weighted by Crippen LogP contribution is -2.22. The third-order valence-electron chi connectivity index (χ3n) is 5.18. The first-order chi connectivity index (χ1) is 15.0. The minimum Gasteiger partial charge on any atom is -0.495 e. The molecule has 0 spiro atoms. The van der Waals surface area contributed by atoms with Crippen molar-refractivity contribution in [1.29, 1.82) is 0 Å². The van der Waals surface area contributed by atoms with Gasteiger partial charge in [0.1, 0.15) is 17.4 Å². The van der Waals surface area contributed by atoms with Gasteiger partial charge in [-0.25, -0.2) is 9.78 Å². The summed E-state index contributed by atoms with van der Waals surface area (Å²) in [7, 11) is 1.64. The van der Waals surface area contributed by atoms with E-state index in [1.807, 2.05) is 37.3 Å². The number of hydrogen-bond donors (Lipinski definition) is 4. The normalized spacial score (nSPS) is 14.2. The zero-order chi connectivity index (χ0) is 21.5. The maximum atomic E-state index is 11.6. The van der Waals surface area contributed by atoms with Crippen LogP contribution < -0.4 is 31.8 Å². The number of nitrogens with zero attached hydrogens (tertiary/aromatic N) is 3. The Hall–Kier alpha value is -4.01. The minimum atomic E-state index is -0.300. The van der Waals surface area contributed by atoms with E-state index in [4.69, 9.17) is 9.72 Å². The van der Waals surface area contributed by atoms with Crippen molar-refractivity contribution in [3.8, 4) is 5.75 Å². The summed E-state index contributed by atoms with van der Waals surface area (Å²) in [6.07, 6.45) is 5.80. The summed E-state index contributed by atoms with van der Waals surface area (Å²) < 4.78 is 7.27. The van der Waals surface area contributed by atoms with Crippen LogP contribution in [0, 0.1) is 6.92 Å². The van der Waals surface area contributed by atoms with Crippen molar-refractivity contribution < 1.29 is 4.74 Å². The lowest BCUT2D eigenvalue weighted by Gasteiger charge is -2.14. The fourth-order valence-electron chi connectivity index (χ4n) is 3.45. The average molecular weight is 417 g/mol. The van der Waals surface area contributed by atoms with Crippen LogP contribution in [-0.4, -0.2) is 37.7 Å². The van der Waals surface area contributed by atoms with Crippen molar-refractivity contribution in [1.82, 2.24) is 24.6 Å². The van der Waals surface area contributed by atoms with Crippen molar-refractivity contribution >= 4 is 35.6 Å². The fourth-order valence-corrected chi connectivity index (χ4v) is 3.45. The van der Waals surface area contributed by atoms with Gasteiger partial charge in [0.05, 0.1) is 29.7 Å². The van der Waals surface area contributed by atoms with Crippen LogP contribution in [0.1, 0.15) is 24.0 Å². The zero-order valence-electron chi connectivity index (χ0n) is 17.3. The number of benzene rings is 1. The van der Waals surface area contributed by atoms with Crippen molar-refractivity contribution in [3.63, 3.8) is 0 Å². The molecule has 4 aromatic rings. The summed E-state index contributed by atoms with van der Waals surface area (Å²) in [6, 6.07) is 8.32. The first-order valence-corrected chi connectivity index (χ1v) is 10.1. The number of aryl methyl sites for hydroxylation is 1. The highest BCUT2D eigenvalue weighted by molar-refractivity contribution is 5.72. The number of aromatic amines is 2. The van der Waals surface area contributed by atoms with Crippen LogP contribution in [0.15, 0.2) is 35.3 Å². The number of anilines is 3. The average Bonchev–Trinajstić information content (AvgIpc) is 3.37. The van der Waals surface area contributed by atoms with Gasteiger partial charge in [0.2, 0.25) is 0 Å². The summed E-state index contributed by atoms with van der Waals surface area (Å²) >= 11 is 0. The van der Waals surface area contributed by atoms with Crippen LogP contribution in [-0.2, 0) is 0 Å². The Bertz CT molecular complexity index is 1440. The Morgan fingerprint density at radius 2 is 2.13 bits per heavy atom. The molecule has 1 saturated carbocycles. The van der Waals surface area contributed by atoms with Crippen LogP contribution in [0.25, 0.3) is 18.3 Å². The fraction of sp³-hybridized carbons (Fsp3) is 0.227. The predicted octanol–water partition coefficient (Wildman–Crippen LogP) is 1.62. The quantitative estimate of drug-likeness (QED) is 0.379. The lowest BCUT2D eigenvalue weighted by molar-refractivity contribution is 0.416. The summed E-state index contributed by atoms with van der Waals surface area (Å²) in [5.41, 5.74) is 3.06. The molecule has 3 aromatic heterocycles. The predicted molar refractivity (Wildman–Crippen MR) is 120 cm³/mol. The molecular weight excluding hydrogens is 394 g/mol. The van der Waals surface area contributed by atoms with Crippen molar-refractivity contribution in [2.45, 2.75) is 25.8 Å². The largest absolute Gasteiger partial charge is 0.495 e. The van der Waals surface area contributed by atoms with Crippen LogP contribution >= 0.6 is 0 Å². The number of hydrogen-bond acceptors (Lipinski definition) is 6. The molecular formula is C22H23N7O2. The number of methoxy groups -OCH3 is 1. The number of nitrogens with one attached hydrogen (secondary N) is 4. The first kappa shape index (κ1) is 19.0. The van der Waals surface area contributed by atoms with E-state index in [1.165, 1.54) is 0 Å². The first-order valence-electron chi connectivity index (χ1n) is 10.1. The summed E-state index contributed by atoms with van der Waals surface area (Å²) in [5, 5.41) is 12.5. The van der Waals surface area contributed by atoms with Crippen LogP contribution in [0.5, 0.6) is 5.75 Å². The molecule has 0 atom stereocenters. The lowest BCUT2D eigenvalue weighted by atomic mass is 10.2. The van der Waals surface area contributed by atoms with Gasteiger partial charge in [-0.3, -0.25) is 0 Å². The van der Waals surface area contributed by atoms with Gasteiger partial charge in [-0.15, -0.1) is 0 Å². The Balaban J connectivity index is 1.64. The van der Waals surface area contributed by atoms with Crippen molar-refractivity contribution in [3.05, 3.63) is 62.8 Å². The maximum absolute atomic E-state index is 11.6. The van der Waals surface area contributed by atoms with E-state index in [0.717, 1.165) is 41.2 Å². The Morgan fingerprint density at radius 1 is 1.29 bits per heavy atom. The number of rotatable bonds is 6. The summed E-state index contributed by atoms with van der Waals surface area (Å²) in [5.74, 6) is 2.24. The van der Waals surface area contributed by atoms with Gasteiger partial charge in [0.25, 0.3) is 0 Å². The van der Waals surface area contributed by atoms with E-state index in [0.29, 0.717) is 28.2 Å². The molecule has 3 heterocycles. The highest BCUT2D eigenvalue weighted by atomic mass is 16.5. The molecule has 5 rings (SSSR count). The molecule has 31 heavy (non-hydrogen) atoms. The van der Waals surface area contributed by atoms with Crippen molar-refractivity contribution in [2.24, 2.45) is 0 Å². The molecule has 0 aliphatic heterocycles. The molecule has 158 valence electrons. The summed E-state index contributed by atoms with van der Waals surface area (Å²) in [4.78, 5) is 21.8.